The van der Waals surface area contributed by atoms with E-state index in [1.54, 1.807) is 0 Å². The topological polar surface area (TPSA) is 18.5 Å². The summed E-state index contributed by atoms with van der Waals surface area (Å²) < 4.78 is 11.8. The van der Waals surface area contributed by atoms with Crippen molar-refractivity contribution >= 4 is 7.69 Å². The zero-order chi connectivity index (χ0) is 22.8. The fourth-order valence-corrected chi connectivity index (χ4v) is 5.65. The van der Waals surface area contributed by atoms with Gasteiger partial charge in [-0.1, -0.05) is 88.4 Å². The molecule has 2 nitrogen and oxygen atoms in total. The monoisotopic (exact) mass is 429 g/mol. The minimum Gasteiger partial charge on any atom is -0.526 e. The van der Waals surface area contributed by atoms with Gasteiger partial charge >= 0.3 is 7.69 Å². The van der Waals surface area contributed by atoms with Crippen molar-refractivity contribution < 1.29 is 9.31 Å². The summed E-state index contributed by atoms with van der Waals surface area (Å²) in [4.78, 5) is 0. The van der Waals surface area contributed by atoms with Gasteiger partial charge in [0.2, 0.25) is 0 Å². The molecule has 161 valence electrons. The third-order valence-corrected chi connectivity index (χ3v) is 7.48. The second-order valence-electron chi connectivity index (χ2n) is 10.1. The second kappa shape index (κ2) is 7.02. The Kier molecular flexibility index (Phi) is 4.29. The number of rotatable bonds is 4. The number of hydrogen-bond acceptors (Lipinski definition) is 2. The van der Waals surface area contributed by atoms with Gasteiger partial charge < -0.3 is 9.31 Å². The van der Waals surface area contributed by atoms with Gasteiger partial charge in [0, 0.05) is 10.8 Å². The molecule has 3 heteroatoms. The summed E-state index contributed by atoms with van der Waals surface area (Å²) in [6.07, 6.45) is 0. The maximum atomic E-state index is 5.91. The van der Waals surface area contributed by atoms with Crippen molar-refractivity contribution in [3.05, 3.63) is 107 Å². The zero-order valence-electron chi connectivity index (χ0n) is 19.5. The molecule has 0 amide bonds. The fraction of sp³-hybridized carbons (Fsp3) is 0.200. The van der Waals surface area contributed by atoms with E-state index in [9.17, 15) is 0 Å². The highest BCUT2D eigenvalue weighted by Gasteiger charge is 2.36. The minimum atomic E-state index is -0.0489. The first-order valence-electron chi connectivity index (χ1n) is 11.5. The Bertz CT molecular complexity index is 1290. The summed E-state index contributed by atoms with van der Waals surface area (Å²) in [5, 5.41) is 0. The summed E-state index contributed by atoms with van der Waals surface area (Å²) in [6, 6.07) is 29.9. The van der Waals surface area contributed by atoms with E-state index < -0.39 is 0 Å². The molecule has 0 aromatic heterocycles. The summed E-state index contributed by atoms with van der Waals surface area (Å²) in [6.45, 7) is 9.08. The molecule has 0 atom stereocenters. The lowest BCUT2D eigenvalue weighted by molar-refractivity contribution is 0.457. The van der Waals surface area contributed by atoms with E-state index in [0.29, 0.717) is 0 Å². The van der Waals surface area contributed by atoms with Gasteiger partial charge in [0.05, 0.1) is 0 Å². The van der Waals surface area contributed by atoms with Gasteiger partial charge in [0.15, 0.2) is 0 Å². The Balaban J connectivity index is 1.21. The van der Waals surface area contributed by atoms with Crippen molar-refractivity contribution in [1.29, 1.82) is 0 Å². The van der Waals surface area contributed by atoms with Crippen LogP contribution < -0.4 is 9.31 Å². The SMILES string of the molecule is CC1(C)c2ccccc2-c2ccc(O[B]Oc3ccc4c(c3)C(C)(C)c3ccccc3-4)cc21. The van der Waals surface area contributed by atoms with Crippen molar-refractivity contribution in [2.24, 2.45) is 0 Å². The van der Waals surface area contributed by atoms with Crippen LogP contribution in [-0.4, -0.2) is 7.69 Å². The summed E-state index contributed by atoms with van der Waals surface area (Å²) in [5.74, 6) is 1.56. The van der Waals surface area contributed by atoms with Crippen LogP contribution in [0.25, 0.3) is 22.3 Å². The first-order valence-corrected chi connectivity index (χ1v) is 11.5. The molecule has 6 rings (SSSR count). The van der Waals surface area contributed by atoms with Crippen LogP contribution in [0.4, 0.5) is 0 Å². The molecule has 33 heavy (non-hydrogen) atoms. The normalized spacial score (nSPS) is 15.8. The van der Waals surface area contributed by atoms with E-state index in [2.05, 4.69) is 100 Å². The van der Waals surface area contributed by atoms with Crippen LogP contribution in [0.15, 0.2) is 84.9 Å². The lowest BCUT2D eigenvalue weighted by Crippen LogP contribution is -2.16. The van der Waals surface area contributed by atoms with Crippen molar-refractivity contribution in [2.45, 2.75) is 38.5 Å². The third-order valence-electron chi connectivity index (χ3n) is 7.48. The quantitative estimate of drug-likeness (QED) is 0.317. The molecule has 0 bridgehead atoms. The predicted octanol–water partition coefficient (Wildman–Crippen LogP) is 7.29. The van der Waals surface area contributed by atoms with E-state index in [-0.39, 0.29) is 10.8 Å². The highest BCUT2D eigenvalue weighted by molar-refractivity contribution is 6.20. The van der Waals surface area contributed by atoms with Crippen LogP contribution >= 0.6 is 0 Å². The number of hydrogen-bond donors (Lipinski definition) is 0. The Morgan fingerprint density at radius 3 is 1.33 bits per heavy atom. The fourth-order valence-electron chi connectivity index (χ4n) is 5.65. The average molecular weight is 429 g/mol. The summed E-state index contributed by atoms with van der Waals surface area (Å²) in [7, 11) is 1.44. The van der Waals surface area contributed by atoms with Gasteiger partial charge in [-0.05, 0) is 68.8 Å². The molecule has 4 aromatic rings. The highest BCUT2D eigenvalue weighted by Crippen LogP contribution is 2.50. The van der Waals surface area contributed by atoms with Crippen LogP contribution in [0, 0.1) is 0 Å². The number of fused-ring (bicyclic) bond motifs is 6. The highest BCUT2D eigenvalue weighted by atomic mass is 16.6. The largest absolute Gasteiger partial charge is 0.658 e. The van der Waals surface area contributed by atoms with E-state index in [4.69, 9.17) is 9.31 Å². The molecule has 4 aromatic carbocycles. The molecule has 2 aliphatic carbocycles. The van der Waals surface area contributed by atoms with E-state index >= 15 is 0 Å². The van der Waals surface area contributed by atoms with Crippen molar-refractivity contribution in [2.75, 3.05) is 0 Å². The molecule has 0 spiro atoms. The summed E-state index contributed by atoms with van der Waals surface area (Å²) >= 11 is 0. The van der Waals surface area contributed by atoms with E-state index in [1.807, 2.05) is 12.1 Å². The van der Waals surface area contributed by atoms with E-state index in [1.165, 1.54) is 52.2 Å². The van der Waals surface area contributed by atoms with Gasteiger partial charge in [-0.2, -0.15) is 0 Å². The molecular formula is C30H26BO2. The van der Waals surface area contributed by atoms with Gasteiger partial charge in [-0.25, -0.2) is 0 Å². The number of benzene rings is 4. The lowest BCUT2D eigenvalue weighted by atomic mass is 9.82. The van der Waals surface area contributed by atoms with Gasteiger partial charge in [-0.3, -0.25) is 0 Å². The average Bonchev–Trinajstić information content (AvgIpc) is 3.19. The first kappa shape index (κ1) is 20.2. The van der Waals surface area contributed by atoms with Gasteiger partial charge in [0.25, 0.3) is 0 Å². The smallest absolute Gasteiger partial charge is 0.526 e. The molecule has 0 unspecified atom stereocenters. The minimum absolute atomic E-state index is 0.0489. The molecule has 0 saturated heterocycles. The standard InChI is InChI=1S/C30H26BO2/c1-29(2)25-11-7-5-9-21(25)23-15-13-19(17-27(23)29)32-31-33-20-14-16-24-22-10-6-8-12-26(22)30(3,4)28(24)18-20/h5-18H,1-4H3. The van der Waals surface area contributed by atoms with Gasteiger partial charge in [-0.15, -0.1) is 0 Å². The van der Waals surface area contributed by atoms with E-state index in [0.717, 1.165) is 11.5 Å². The molecule has 2 aliphatic rings. The molecule has 1 radical (unpaired) electrons. The Morgan fingerprint density at radius 2 is 0.879 bits per heavy atom. The Hall–Kier alpha value is -3.46. The van der Waals surface area contributed by atoms with Crippen molar-refractivity contribution in [3.63, 3.8) is 0 Å². The van der Waals surface area contributed by atoms with Crippen LogP contribution in [0.2, 0.25) is 0 Å². The van der Waals surface area contributed by atoms with Crippen LogP contribution in [0.1, 0.15) is 49.9 Å². The van der Waals surface area contributed by atoms with Crippen LogP contribution in [0.3, 0.4) is 0 Å². The molecule has 0 fully saturated rings. The van der Waals surface area contributed by atoms with Gasteiger partial charge in [0.1, 0.15) is 11.5 Å². The Morgan fingerprint density at radius 1 is 0.485 bits per heavy atom. The van der Waals surface area contributed by atoms with Crippen LogP contribution in [-0.2, 0) is 10.8 Å². The summed E-state index contributed by atoms with van der Waals surface area (Å²) in [5.41, 5.74) is 10.4. The molecular weight excluding hydrogens is 403 g/mol. The molecule has 0 saturated carbocycles. The molecule has 0 aliphatic heterocycles. The first-order chi connectivity index (χ1) is 15.9. The third kappa shape index (κ3) is 2.95. The Labute approximate surface area is 196 Å². The zero-order valence-corrected chi connectivity index (χ0v) is 19.5. The molecule has 0 heterocycles. The van der Waals surface area contributed by atoms with Crippen molar-refractivity contribution in [1.82, 2.24) is 0 Å². The lowest BCUT2D eigenvalue weighted by Gasteiger charge is -2.22. The maximum Gasteiger partial charge on any atom is 0.658 e. The predicted molar refractivity (Wildman–Crippen MR) is 135 cm³/mol. The second-order valence-corrected chi connectivity index (χ2v) is 10.1. The molecule has 0 N–H and O–H groups in total. The van der Waals surface area contributed by atoms with Crippen molar-refractivity contribution in [3.8, 4) is 33.8 Å². The maximum absolute atomic E-state index is 5.91. The van der Waals surface area contributed by atoms with Crippen LogP contribution in [0.5, 0.6) is 11.5 Å².